The quantitative estimate of drug-likeness (QED) is 0.323. The molecule has 0 fully saturated rings. The average Bonchev–Trinajstić information content (AvgIpc) is 1.97. The molecule has 5 N–H and O–H groups in total. The number of nitrogens with one attached hydrogen (secondary N) is 1. The lowest BCUT2D eigenvalue weighted by Gasteiger charge is -2.09. The maximum absolute atomic E-state index is 10.6. The minimum absolute atomic E-state index is 0.329. The standard InChI is InChI=1S/C6H15N3OS/c7-4-2-1-3-5(9-11)6(8)10/h5,9,11H,1-4,7H2,(H2,8,10). The number of hydrogen-bond acceptors (Lipinski definition) is 4. The molecule has 0 aromatic rings. The first-order chi connectivity index (χ1) is 5.22. The summed E-state index contributed by atoms with van der Waals surface area (Å²) in [5, 5.41) is 0. The van der Waals surface area contributed by atoms with E-state index in [9.17, 15) is 4.79 Å². The van der Waals surface area contributed by atoms with Crippen LogP contribution in [-0.2, 0) is 4.79 Å². The van der Waals surface area contributed by atoms with Crippen molar-refractivity contribution in [2.45, 2.75) is 25.3 Å². The number of hydrogen-bond donors (Lipinski definition) is 4. The molecule has 66 valence electrons. The van der Waals surface area contributed by atoms with Crippen molar-refractivity contribution in [1.29, 1.82) is 0 Å². The highest BCUT2D eigenvalue weighted by molar-refractivity contribution is 7.78. The molecule has 0 radical (unpaired) electrons. The van der Waals surface area contributed by atoms with Crippen molar-refractivity contribution in [3.05, 3.63) is 0 Å². The molecule has 1 amide bonds. The molecule has 1 unspecified atom stereocenters. The zero-order valence-corrected chi connectivity index (χ0v) is 7.31. The van der Waals surface area contributed by atoms with Gasteiger partial charge in [-0.15, -0.1) is 0 Å². The van der Waals surface area contributed by atoms with Crippen molar-refractivity contribution < 1.29 is 4.79 Å². The molecule has 0 aromatic carbocycles. The van der Waals surface area contributed by atoms with Crippen LogP contribution >= 0.6 is 12.8 Å². The predicted molar refractivity (Wildman–Crippen MR) is 48.0 cm³/mol. The minimum Gasteiger partial charge on any atom is -0.368 e. The van der Waals surface area contributed by atoms with Crippen molar-refractivity contribution in [3.63, 3.8) is 0 Å². The number of thiol groups is 1. The van der Waals surface area contributed by atoms with Crippen LogP contribution in [0.4, 0.5) is 0 Å². The van der Waals surface area contributed by atoms with Gasteiger partial charge in [-0.1, -0.05) is 19.2 Å². The number of carbonyl (C=O) groups is 1. The van der Waals surface area contributed by atoms with Gasteiger partial charge in [0.2, 0.25) is 5.91 Å². The number of carbonyl (C=O) groups excluding carboxylic acids is 1. The van der Waals surface area contributed by atoms with E-state index in [4.69, 9.17) is 11.5 Å². The molecule has 4 nitrogen and oxygen atoms in total. The molecule has 0 aromatic heterocycles. The minimum atomic E-state index is -0.364. The summed E-state index contributed by atoms with van der Waals surface area (Å²) in [6.07, 6.45) is 2.52. The first-order valence-corrected chi connectivity index (χ1v) is 4.06. The molecule has 0 bridgehead atoms. The Morgan fingerprint density at radius 3 is 2.55 bits per heavy atom. The van der Waals surface area contributed by atoms with Crippen LogP contribution in [0, 0.1) is 0 Å². The highest BCUT2D eigenvalue weighted by Crippen LogP contribution is 1.99. The first-order valence-electron chi connectivity index (χ1n) is 3.61. The summed E-state index contributed by atoms with van der Waals surface area (Å²) < 4.78 is 2.54. The fourth-order valence-corrected chi connectivity index (χ4v) is 1.02. The van der Waals surface area contributed by atoms with Gasteiger partial charge in [0.05, 0.1) is 6.04 Å². The van der Waals surface area contributed by atoms with Gasteiger partial charge in [-0.05, 0) is 19.4 Å². The summed E-state index contributed by atoms with van der Waals surface area (Å²) in [7, 11) is 0. The summed E-state index contributed by atoms with van der Waals surface area (Å²) in [4.78, 5) is 10.6. The number of unbranched alkanes of at least 4 members (excludes halogenated alkanes) is 1. The SMILES string of the molecule is NCCCCC(NS)C(N)=O. The predicted octanol–water partition coefficient (Wildman–Crippen LogP) is -0.596. The lowest BCUT2D eigenvalue weighted by atomic mass is 10.1. The Hall–Kier alpha value is -0.260. The highest BCUT2D eigenvalue weighted by Gasteiger charge is 2.11. The number of primary amides is 1. The van der Waals surface area contributed by atoms with Crippen LogP contribution in [0.1, 0.15) is 19.3 Å². The van der Waals surface area contributed by atoms with E-state index in [0.29, 0.717) is 13.0 Å². The summed E-state index contributed by atoms with van der Waals surface area (Å²) in [6.45, 7) is 0.651. The lowest BCUT2D eigenvalue weighted by molar-refractivity contribution is -0.119. The molecule has 1 atom stereocenters. The van der Waals surface area contributed by atoms with Crippen LogP contribution in [0.5, 0.6) is 0 Å². The average molecular weight is 177 g/mol. The molecule has 11 heavy (non-hydrogen) atoms. The van der Waals surface area contributed by atoms with Crippen LogP contribution < -0.4 is 16.2 Å². The van der Waals surface area contributed by atoms with Crippen molar-refractivity contribution in [2.75, 3.05) is 6.54 Å². The Bertz CT molecular complexity index is 120. The second-order valence-electron chi connectivity index (χ2n) is 2.37. The summed E-state index contributed by atoms with van der Waals surface area (Å²) in [5.74, 6) is -0.364. The van der Waals surface area contributed by atoms with Crippen molar-refractivity contribution >= 4 is 18.7 Å². The smallest absolute Gasteiger partial charge is 0.235 e. The van der Waals surface area contributed by atoms with Gasteiger partial charge in [-0.3, -0.25) is 9.52 Å². The Labute approximate surface area is 72.2 Å². The van der Waals surface area contributed by atoms with Crippen molar-refractivity contribution in [2.24, 2.45) is 11.5 Å². The van der Waals surface area contributed by atoms with E-state index in [-0.39, 0.29) is 11.9 Å². The van der Waals surface area contributed by atoms with Crippen LogP contribution in [-0.4, -0.2) is 18.5 Å². The van der Waals surface area contributed by atoms with Crippen LogP contribution in [0.2, 0.25) is 0 Å². The first kappa shape index (κ1) is 10.7. The van der Waals surface area contributed by atoms with E-state index in [1.165, 1.54) is 0 Å². The van der Waals surface area contributed by atoms with E-state index < -0.39 is 0 Å². The van der Waals surface area contributed by atoms with E-state index in [1.54, 1.807) is 0 Å². The monoisotopic (exact) mass is 177 g/mol. The summed E-state index contributed by atoms with van der Waals surface area (Å²) in [5.41, 5.74) is 10.3. The Morgan fingerprint density at radius 2 is 2.18 bits per heavy atom. The summed E-state index contributed by atoms with van der Waals surface area (Å²) in [6, 6.07) is -0.329. The number of rotatable bonds is 6. The molecule has 0 heterocycles. The third kappa shape index (κ3) is 5.06. The second kappa shape index (κ2) is 6.45. The molecule has 0 spiro atoms. The van der Waals surface area contributed by atoms with E-state index >= 15 is 0 Å². The van der Waals surface area contributed by atoms with E-state index in [0.717, 1.165) is 12.8 Å². The molecule has 0 rings (SSSR count). The van der Waals surface area contributed by atoms with Gasteiger partial charge in [-0.25, -0.2) is 0 Å². The second-order valence-corrected chi connectivity index (χ2v) is 2.63. The number of amides is 1. The molecular formula is C6H15N3OS. The normalized spacial score (nSPS) is 12.9. The van der Waals surface area contributed by atoms with Gasteiger partial charge < -0.3 is 11.5 Å². The van der Waals surface area contributed by atoms with Crippen molar-refractivity contribution in [3.8, 4) is 0 Å². The third-order valence-corrected chi connectivity index (χ3v) is 1.76. The Morgan fingerprint density at radius 1 is 1.55 bits per heavy atom. The van der Waals surface area contributed by atoms with Crippen LogP contribution in [0.15, 0.2) is 0 Å². The molecule has 0 saturated carbocycles. The third-order valence-electron chi connectivity index (χ3n) is 1.45. The van der Waals surface area contributed by atoms with Crippen molar-refractivity contribution in [1.82, 2.24) is 4.72 Å². The van der Waals surface area contributed by atoms with Gasteiger partial charge in [0.15, 0.2) is 0 Å². The highest BCUT2D eigenvalue weighted by atomic mass is 32.1. The molecule has 5 heteroatoms. The largest absolute Gasteiger partial charge is 0.368 e. The van der Waals surface area contributed by atoms with Gasteiger partial charge in [0, 0.05) is 0 Å². The zero-order valence-electron chi connectivity index (χ0n) is 6.42. The zero-order chi connectivity index (χ0) is 8.69. The molecular weight excluding hydrogens is 162 g/mol. The van der Waals surface area contributed by atoms with Crippen LogP contribution in [0.3, 0.4) is 0 Å². The summed E-state index contributed by atoms with van der Waals surface area (Å²) >= 11 is 3.78. The topological polar surface area (TPSA) is 81.1 Å². The fraction of sp³-hybridized carbons (Fsp3) is 0.833. The van der Waals surface area contributed by atoms with Gasteiger partial charge in [0.25, 0.3) is 0 Å². The van der Waals surface area contributed by atoms with E-state index in [2.05, 4.69) is 17.5 Å². The molecule has 0 aliphatic rings. The molecule has 0 aliphatic carbocycles. The lowest BCUT2D eigenvalue weighted by Crippen LogP contribution is -2.36. The van der Waals surface area contributed by atoms with E-state index in [1.807, 2.05) is 0 Å². The number of nitrogens with two attached hydrogens (primary N) is 2. The van der Waals surface area contributed by atoms with Gasteiger partial charge in [-0.2, -0.15) is 0 Å². The van der Waals surface area contributed by atoms with Gasteiger partial charge >= 0.3 is 0 Å². The maximum Gasteiger partial charge on any atom is 0.235 e. The van der Waals surface area contributed by atoms with Crippen LogP contribution in [0.25, 0.3) is 0 Å². The maximum atomic E-state index is 10.6. The molecule has 0 aliphatic heterocycles. The molecule has 0 saturated heterocycles. The fourth-order valence-electron chi connectivity index (χ4n) is 0.763. The van der Waals surface area contributed by atoms with Gasteiger partial charge in [0.1, 0.15) is 0 Å². The Balaban J connectivity index is 3.44. The Kier molecular flexibility index (Phi) is 6.30.